The number of hydrogen-bond acceptors (Lipinski definition) is 2. The molecule has 0 heterocycles. The van der Waals surface area contributed by atoms with E-state index in [1.165, 1.54) is 0 Å². The molecule has 9 atom stereocenters. The summed E-state index contributed by atoms with van der Waals surface area (Å²) >= 11 is 0. The minimum atomic E-state index is -4.33. The fourth-order valence-electron chi connectivity index (χ4n) is 11.7. The zero-order chi connectivity index (χ0) is 29.7. The molecule has 0 N–H and O–H groups in total. The molecule has 4 saturated carbocycles. The van der Waals surface area contributed by atoms with E-state index in [-0.39, 0.29) is 57.2 Å². The van der Waals surface area contributed by atoms with Gasteiger partial charge in [-0.3, -0.25) is 4.79 Å². The van der Waals surface area contributed by atoms with Crippen molar-refractivity contribution in [3.8, 4) is 0 Å². The van der Waals surface area contributed by atoms with Gasteiger partial charge in [-0.15, -0.1) is 0 Å². The number of carbonyl (C=O) groups is 2. The molecule has 0 aromatic heterocycles. The lowest BCUT2D eigenvalue weighted by Gasteiger charge is -2.71. The van der Waals surface area contributed by atoms with Crippen LogP contribution in [0.2, 0.25) is 0 Å². The van der Waals surface area contributed by atoms with E-state index in [0.29, 0.717) is 18.8 Å². The minimum absolute atomic E-state index is 0.0338. The molecule has 40 heavy (non-hydrogen) atoms. The van der Waals surface area contributed by atoms with Gasteiger partial charge in [-0.1, -0.05) is 52.8 Å². The molecule has 3 nitrogen and oxygen atoms in total. The van der Waals surface area contributed by atoms with Gasteiger partial charge in [0.15, 0.2) is 5.78 Å². The quantitative estimate of drug-likeness (QED) is 0.255. The Labute approximate surface area is 238 Å². The van der Waals surface area contributed by atoms with Crippen LogP contribution in [0.4, 0.5) is 13.2 Å². The fourth-order valence-corrected chi connectivity index (χ4v) is 11.7. The van der Waals surface area contributed by atoms with E-state index in [9.17, 15) is 22.8 Å². The van der Waals surface area contributed by atoms with Crippen LogP contribution < -0.4 is 0 Å². The van der Waals surface area contributed by atoms with E-state index in [2.05, 4.69) is 32.2 Å². The van der Waals surface area contributed by atoms with Gasteiger partial charge >= 0.3 is 6.18 Å². The van der Waals surface area contributed by atoms with Gasteiger partial charge in [-0.2, -0.15) is 13.2 Å². The molecular weight excluding hydrogens is 511 g/mol. The zero-order valence-corrected chi connectivity index (χ0v) is 25.1. The van der Waals surface area contributed by atoms with Crippen LogP contribution in [0.25, 0.3) is 4.85 Å². The highest BCUT2D eigenvalue weighted by Gasteiger charge is 2.71. The Kier molecular flexibility index (Phi) is 6.69. The second-order valence-corrected chi connectivity index (χ2v) is 15.4. The second kappa shape index (κ2) is 9.05. The van der Waals surface area contributed by atoms with Gasteiger partial charge < -0.3 is 4.79 Å². The maximum atomic E-state index is 13.8. The van der Waals surface area contributed by atoms with Gasteiger partial charge in [0, 0.05) is 17.3 Å². The third-order valence-electron chi connectivity index (χ3n) is 13.7. The first kappa shape index (κ1) is 29.6. The zero-order valence-electron chi connectivity index (χ0n) is 25.1. The van der Waals surface area contributed by atoms with Gasteiger partial charge in [0.1, 0.15) is 5.78 Å². The molecule has 5 aliphatic carbocycles. The number of alkyl halides is 3. The van der Waals surface area contributed by atoms with Crippen LogP contribution in [0, 0.1) is 63.2 Å². The number of ketones is 2. The Bertz CT molecular complexity index is 1210. The van der Waals surface area contributed by atoms with Crippen molar-refractivity contribution in [2.45, 2.75) is 112 Å². The molecule has 0 radical (unpaired) electrons. The summed E-state index contributed by atoms with van der Waals surface area (Å²) in [5, 5.41) is 0. The smallest absolute Gasteiger partial charge is 0.307 e. The lowest BCUT2D eigenvalue weighted by atomic mass is 9.32. The summed E-state index contributed by atoms with van der Waals surface area (Å²) in [6.45, 7) is 25.2. The van der Waals surface area contributed by atoms with E-state index in [1.54, 1.807) is 0 Å². The molecule has 5 rings (SSSR count). The Morgan fingerprint density at radius 3 is 2.27 bits per heavy atom. The molecule has 0 spiro atoms. The van der Waals surface area contributed by atoms with Crippen LogP contribution in [0.15, 0.2) is 23.9 Å². The molecule has 0 amide bonds. The predicted molar refractivity (Wildman–Crippen MR) is 150 cm³/mol. The van der Waals surface area contributed by atoms with Gasteiger partial charge in [0.2, 0.25) is 5.70 Å². The van der Waals surface area contributed by atoms with E-state index in [4.69, 9.17) is 6.57 Å². The van der Waals surface area contributed by atoms with Crippen molar-refractivity contribution in [3.05, 3.63) is 35.3 Å². The van der Waals surface area contributed by atoms with E-state index >= 15 is 0 Å². The van der Waals surface area contributed by atoms with Crippen LogP contribution >= 0.6 is 0 Å². The lowest BCUT2D eigenvalue weighted by Crippen LogP contribution is -2.66. The molecule has 0 aromatic rings. The molecule has 4 fully saturated rings. The van der Waals surface area contributed by atoms with Crippen molar-refractivity contribution in [2.24, 2.45) is 56.7 Å². The number of carbonyl (C=O) groups excluding carboxylic acids is 2. The molecule has 6 heteroatoms. The molecule has 220 valence electrons. The van der Waals surface area contributed by atoms with E-state index in [1.807, 2.05) is 26.8 Å². The van der Waals surface area contributed by atoms with Crippen LogP contribution in [-0.2, 0) is 9.59 Å². The third kappa shape index (κ3) is 3.81. The number of hydrogen-bond donors (Lipinski definition) is 0. The molecule has 5 aliphatic rings. The standard InChI is InChI=1S/C34H46F3NO2/c1-20(2)21-11-15-33(26(39)13-16-34(35,36)37)18-17-31(6)22(27(21)33)9-10-25-30(5)19-23(38-8)28(40)29(3,4)24(30)12-14-32(25,31)7/h19,21-22,24-25,27H,1,9-18H2,2-7H3/t21?,22-,24+,25-,27-,30+,31-,32-,33-/m1/s1. The van der Waals surface area contributed by atoms with Crippen molar-refractivity contribution in [1.29, 1.82) is 0 Å². The van der Waals surface area contributed by atoms with Gasteiger partial charge in [0.25, 0.3) is 0 Å². The highest BCUT2D eigenvalue weighted by atomic mass is 19.4. The first-order valence-electron chi connectivity index (χ1n) is 15.3. The number of nitrogens with zero attached hydrogens (tertiary/aromatic N) is 1. The number of allylic oxidation sites excluding steroid dienone is 3. The first-order chi connectivity index (χ1) is 18.4. The molecule has 1 unspecified atom stereocenters. The summed E-state index contributed by atoms with van der Waals surface area (Å²) in [7, 11) is 0. The third-order valence-corrected chi connectivity index (χ3v) is 13.7. The first-order valence-corrected chi connectivity index (χ1v) is 15.3. The fraction of sp³-hybridized carbons (Fsp3) is 0.794. The topological polar surface area (TPSA) is 38.5 Å². The summed E-state index contributed by atoms with van der Waals surface area (Å²) in [4.78, 5) is 30.7. The summed E-state index contributed by atoms with van der Waals surface area (Å²) < 4.78 is 39.6. The van der Waals surface area contributed by atoms with Crippen LogP contribution in [0.5, 0.6) is 0 Å². The number of halogens is 3. The Hall–Kier alpha value is -1.90. The minimum Gasteiger partial charge on any atom is -0.307 e. The van der Waals surface area contributed by atoms with Gasteiger partial charge in [-0.05, 0) is 104 Å². The molecule has 0 aromatic carbocycles. The molecule has 0 aliphatic heterocycles. The monoisotopic (exact) mass is 557 g/mol. The lowest BCUT2D eigenvalue weighted by molar-refractivity contribution is -0.218. The van der Waals surface area contributed by atoms with Crippen molar-refractivity contribution in [3.63, 3.8) is 0 Å². The Morgan fingerprint density at radius 1 is 1.00 bits per heavy atom. The normalized spacial score (nSPS) is 45.8. The van der Waals surface area contributed by atoms with Gasteiger partial charge in [0.05, 0.1) is 13.0 Å². The summed E-state index contributed by atoms with van der Waals surface area (Å²) in [5.41, 5.74) is -0.372. The van der Waals surface area contributed by atoms with Crippen LogP contribution in [0.3, 0.4) is 0 Å². The Morgan fingerprint density at radius 2 is 1.68 bits per heavy atom. The second-order valence-electron chi connectivity index (χ2n) is 15.4. The molecule has 0 bridgehead atoms. The number of fused-ring (bicyclic) bond motifs is 7. The van der Waals surface area contributed by atoms with Crippen molar-refractivity contribution < 1.29 is 22.8 Å². The van der Waals surface area contributed by atoms with Crippen LogP contribution in [-0.4, -0.2) is 17.7 Å². The summed E-state index contributed by atoms with van der Waals surface area (Å²) in [6, 6.07) is 0. The highest BCUT2D eigenvalue weighted by molar-refractivity contribution is 6.02. The SMILES string of the molecule is [C-]#[N+]C1=C[C@]2(C)[C@H]3CC[C@@H]4[C@H]5C(C(=C)C)CC[C@]5(C(=O)CCC(F)(F)F)CC[C@@]4(C)[C@]3(C)CC[C@H]2C(C)(C)C1=O. The molecular formula is C34H46F3NO2. The van der Waals surface area contributed by atoms with Crippen molar-refractivity contribution >= 4 is 11.6 Å². The van der Waals surface area contributed by atoms with Crippen molar-refractivity contribution in [2.75, 3.05) is 0 Å². The average Bonchev–Trinajstić information content (AvgIpc) is 3.26. The van der Waals surface area contributed by atoms with Crippen LogP contribution in [0.1, 0.15) is 106 Å². The predicted octanol–water partition coefficient (Wildman–Crippen LogP) is 9.15. The highest BCUT2D eigenvalue weighted by Crippen LogP contribution is 2.77. The van der Waals surface area contributed by atoms with Gasteiger partial charge in [-0.25, -0.2) is 4.85 Å². The number of Topliss-reactive ketones (excluding diaryl/α,β-unsaturated/α-hetero) is 2. The maximum Gasteiger partial charge on any atom is 0.389 e. The van der Waals surface area contributed by atoms with E-state index < -0.39 is 29.8 Å². The maximum absolute atomic E-state index is 13.8. The van der Waals surface area contributed by atoms with E-state index in [0.717, 1.165) is 44.1 Å². The molecule has 0 saturated heterocycles. The summed E-state index contributed by atoms with van der Waals surface area (Å²) in [6.07, 6.45) is 3.00. The van der Waals surface area contributed by atoms with Crippen molar-refractivity contribution in [1.82, 2.24) is 0 Å². The summed E-state index contributed by atoms with van der Waals surface area (Å²) in [5.74, 6) is 0.672. The number of rotatable bonds is 4. The Balaban J connectivity index is 1.56. The largest absolute Gasteiger partial charge is 0.389 e. The average molecular weight is 558 g/mol.